The highest BCUT2D eigenvalue weighted by molar-refractivity contribution is 6.31. The zero-order chi connectivity index (χ0) is 21.7. The van der Waals surface area contributed by atoms with Gasteiger partial charge in [0.25, 0.3) is 0 Å². The molecule has 0 aliphatic heterocycles. The summed E-state index contributed by atoms with van der Waals surface area (Å²) in [6.07, 6.45) is 0.937. The number of methoxy groups -OCH3 is 1. The van der Waals surface area contributed by atoms with E-state index >= 15 is 0 Å². The van der Waals surface area contributed by atoms with E-state index in [1.54, 1.807) is 7.11 Å². The van der Waals surface area contributed by atoms with Crippen LogP contribution >= 0.6 is 11.6 Å². The summed E-state index contributed by atoms with van der Waals surface area (Å²) in [7, 11) is 1.65. The second-order valence-corrected chi connectivity index (χ2v) is 7.73. The second-order valence-electron chi connectivity index (χ2n) is 7.32. The predicted octanol–water partition coefficient (Wildman–Crippen LogP) is 6.80. The lowest BCUT2D eigenvalue weighted by Gasteiger charge is -2.14. The van der Waals surface area contributed by atoms with Gasteiger partial charge >= 0.3 is 5.97 Å². The van der Waals surface area contributed by atoms with Gasteiger partial charge in [0.15, 0.2) is 0 Å². The van der Waals surface area contributed by atoms with E-state index in [4.69, 9.17) is 21.1 Å². The normalized spacial score (nSPS) is 10.7. The van der Waals surface area contributed by atoms with Gasteiger partial charge in [-0.1, -0.05) is 48.0 Å². The molecule has 3 aromatic carbocycles. The lowest BCUT2D eigenvalue weighted by Crippen LogP contribution is -2.06. The topological polar surface area (TPSA) is 35.5 Å². The molecule has 4 heteroatoms. The molecule has 0 radical (unpaired) electrons. The number of rotatable bonds is 7. The fourth-order valence-corrected chi connectivity index (χ4v) is 3.75. The number of ether oxygens (including phenoxy) is 2. The van der Waals surface area contributed by atoms with Gasteiger partial charge in [-0.2, -0.15) is 0 Å². The highest BCUT2D eigenvalue weighted by Gasteiger charge is 2.12. The van der Waals surface area contributed by atoms with Gasteiger partial charge in [0.1, 0.15) is 5.75 Å². The molecule has 3 aromatic rings. The van der Waals surface area contributed by atoms with Crippen molar-refractivity contribution in [1.29, 1.82) is 0 Å². The lowest BCUT2D eigenvalue weighted by molar-refractivity contribution is -0.143. The van der Waals surface area contributed by atoms with Crippen LogP contribution in [0.15, 0.2) is 54.6 Å². The van der Waals surface area contributed by atoms with E-state index in [9.17, 15) is 4.79 Å². The quantitative estimate of drug-likeness (QED) is 0.393. The second kappa shape index (κ2) is 9.82. The highest BCUT2D eigenvalue weighted by atomic mass is 35.5. The van der Waals surface area contributed by atoms with E-state index in [2.05, 4.69) is 37.3 Å². The van der Waals surface area contributed by atoms with Crippen LogP contribution in [0.25, 0.3) is 22.3 Å². The van der Waals surface area contributed by atoms with Crippen LogP contribution in [-0.4, -0.2) is 19.7 Å². The minimum Gasteiger partial charge on any atom is -0.497 e. The van der Waals surface area contributed by atoms with Crippen LogP contribution in [0.1, 0.15) is 30.0 Å². The molecule has 0 amide bonds. The third-order valence-electron chi connectivity index (χ3n) is 5.24. The summed E-state index contributed by atoms with van der Waals surface area (Å²) in [6, 6.07) is 18.6. The molecule has 156 valence electrons. The Morgan fingerprint density at radius 3 is 2.27 bits per heavy atom. The molecule has 3 nitrogen and oxygen atoms in total. The van der Waals surface area contributed by atoms with Crippen molar-refractivity contribution in [2.24, 2.45) is 0 Å². The fraction of sp³-hybridized carbons (Fsp3) is 0.269. The maximum atomic E-state index is 11.9. The first-order valence-electron chi connectivity index (χ1n) is 10.1. The van der Waals surface area contributed by atoms with Crippen LogP contribution < -0.4 is 4.74 Å². The average molecular weight is 423 g/mol. The maximum absolute atomic E-state index is 11.9. The predicted molar refractivity (Wildman–Crippen MR) is 123 cm³/mol. The van der Waals surface area contributed by atoms with Crippen molar-refractivity contribution in [2.75, 3.05) is 13.7 Å². The van der Waals surface area contributed by atoms with Crippen molar-refractivity contribution in [3.63, 3.8) is 0 Å². The Morgan fingerprint density at radius 2 is 1.60 bits per heavy atom. The molecule has 0 fully saturated rings. The largest absolute Gasteiger partial charge is 0.497 e. The van der Waals surface area contributed by atoms with Crippen LogP contribution in [0.2, 0.25) is 5.02 Å². The number of hydrogen-bond acceptors (Lipinski definition) is 3. The van der Waals surface area contributed by atoms with Crippen molar-refractivity contribution >= 4 is 17.6 Å². The lowest BCUT2D eigenvalue weighted by atomic mass is 9.92. The van der Waals surface area contributed by atoms with Crippen LogP contribution in [0.5, 0.6) is 5.75 Å². The minimum absolute atomic E-state index is 0.186. The highest BCUT2D eigenvalue weighted by Crippen LogP contribution is 2.33. The molecule has 0 bridgehead atoms. The third-order valence-corrected chi connectivity index (χ3v) is 5.64. The Morgan fingerprint density at radius 1 is 0.900 bits per heavy atom. The van der Waals surface area contributed by atoms with E-state index in [1.807, 2.05) is 38.1 Å². The van der Waals surface area contributed by atoms with E-state index in [-0.39, 0.29) is 5.97 Å². The first-order chi connectivity index (χ1) is 14.4. The molecule has 3 rings (SSSR count). The van der Waals surface area contributed by atoms with E-state index in [1.165, 1.54) is 5.56 Å². The molecule has 30 heavy (non-hydrogen) atoms. The Bertz CT molecular complexity index is 1060. The Hall–Kier alpha value is -2.78. The number of halogens is 1. The molecule has 0 unspecified atom stereocenters. The number of hydrogen-bond donors (Lipinski definition) is 0. The minimum atomic E-state index is -0.186. The Balaban J connectivity index is 1.95. The monoisotopic (exact) mass is 422 g/mol. The third kappa shape index (κ3) is 5.03. The molecular formula is C26H27ClO3. The molecular weight excluding hydrogens is 396 g/mol. The van der Waals surface area contributed by atoms with Crippen LogP contribution in [-0.2, 0) is 16.0 Å². The zero-order valence-corrected chi connectivity index (χ0v) is 18.7. The van der Waals surface area contributed by atoms with Gasteiger partial charge in [0.2, 0.25) is 0 Å². The molecule has 0 N–H and O–H groups in total. The van der Waals surface area contributed by atoms with Crippen molar-refractivity contribution in [3.05, 3.63) is 76.3 Å². The van der Waals surface area contributed by atoms with Crippen molar-refractivity contribution in [3.8, 4) is 28.0 Å². The van der Waals surface area contributed by atoms with Crippen LogP contribution in [0, 0.1) is 13.8 Å². The van der Waals surface area contributed by atoms with Gasteiger partial charge in [-0.25, -0.2) is 0 Å². The summed E-state index contributed by atoms with van der Waals surface area (Å²) >= 11 is 6.33. The standard InChI is InChI=1S/C26H27ClO3/c1-5-30-26(28)13-9-20-15-22(29-4)10-12-24(20)19-8-11-23(18(3)14-19)21-7-6-17(2)25(27)16-21/h6-8,10-12,14-16H,5,9,13H2,1-4H3. The number of esters is 1. The van der Waals surface area contributed by atoms with Gasteiger partial charge in [0.05, 0.1) is 13.7 Å². The number of carbonyl (C=O) groups excluding carboxylic acids is 1. The molecule has 0 saturated carbocycles. The first-order valence-corrected chi connectivity index (χ1v) is 10.5. The van der Waals surface area contributed by atoms with Gasteiger partial charge < -0.3 is 9.47 Å². The van der Waals surface area contributed by atoms with Crippen molar-refractivity contribution < 1.29 is 14.3 Å². The summed E-state index contributed by atoms with van der Waals surface area (Å²) in [4.78, 5) is 11.9. The van der Waals surface area contributed by atoms with Gasteiger partial charge in [0, 0.05) is 11.4 Å². The number of carbonyl (C=O) groups is 1. The molecule has 0 aliphatic rings. The molecule has 0 aliphatic carbocycles. The summed E-state index contributed by atoms with van der Waals surface area (Å²) < 4.78 is 10.5. The molecule has 0 heterocycles. The van der Waals surface area contributed by atoms with Gasteiger partial charge in [-0.05, 0) is 84.3 Å². The molecule has 0 aromatic heterocycles. The van der Waals surface area contributed by atoms with E-state index in [0.29, 0.717) is 19.4 Å². The van der Waals surface area contributed by atoms with Crippen LogP contribution in [0.3, 0.4) is 0 Å². The fourth-order valence-electron chi connectivity index (χ4n) is 3.57. The van der Waals surface area contributed by atoms with Gasteiger partial charge in [-0.15, -0.1) is 0 Å². The number of aryl methyl sites for hydroxylation is 3. The summed E-state index contributed by atoms with van der Waals surface area (Å²) in [6.45, 7) is 6.33. The molecule has 0 atom stereocenters. The maximum Gasteiger partial charge on any atom is 0.306 e. The summed E-state index contributed by atoms with van der Waals surface area (Å²) in [5.41, 5.74) is 7.76. The van der Waals surface area contributed by atoms with E-state index < -0.39 is 0 Å². The Kier molecular flexibility index (Phi) is 7.17. The first kappa shape index (κ1) is 21.9. The summed E-state index contributed by atoms with van der Waals surface area (Å²) in [5.74, 6) is 0.592. The van der Waals surface area contributed by atoms with Gasteiger partial charge in [-0.3, -0.25) is 4.79 Å². The summed E-state index contributed by atoms with van der Waals surface area (Å²) in [5, 5.41) is 0.771. The average Bonchev–Trinajstić information content (AvgIpc) is 2.74. The molecule has 0 spiro atoms. The van der Waals surface area contributed by atoms with Crippen LogP contribution in [0.4, 0.5) is 0 Å². The van der Waals surface area contributed by atoms with Crippen molar-refractivity contribution in [2.45, 2.75) is 33.6 Å². The molecule has 0 saturated heterocycles. The number of benzene rings is 3. The smallest absolute Gasteiger partial charge is 0.306 e. The SMILES string of the molecule is CCOC(=O)CCc1cc(OC)ccc1-c1ccc(-c2ccc(C)c(Cl)c2)c(C)c1. The van der Waals surface area contributed by atoms with E-state index in [0.717, 1.165) is 44.2 Å². The van der Waals surface area contributed by atoms with Crippen molar-refractivity contribution in [1.82, 2.24) is 0 Å². The zero-order valence-electron chi connectivity index (χ0n) is 17.9. The Labute approximate surface area is 183 Å².